The zero-order valence-corrected chi connectivity index (χ0v) is 11.3. The molecule has 6 nitrogen and oxygen atoms in total. The minimum Gasteiger partial charge on any atom is -0.313 e. The lowest BCUT2D eigenvalue weighted by atomic mass is 10.2. The molecule has 1 aliphatic heterocycles. The van der Waals surface area contributed by atoms with Crippen molar-refractivity contribution in [3.8, 4) is 0 Å². The SMILES string of the molecule is O=S(=O)(NCC1CCCN1)c1cnn(CC(F)(F)F)c1. The van der Waals surface area contributed by atoms with Crippen LogP contribution in [-0.4, -0.2) is 43.5 Å². The topological polar surface area (TPSA) is 76.0 Å². The van der Waals surface area contributed by atoms with Gasteiger partial charge in [0.2, 0.25) is 10.0 Å². The standard InChI is InChI=1S/C10H15F3N4O2S/c11-10(12,13)7-17-6-9(5-15-17)20(18,19)16-4-8-2-1-3-14-8/h5-6,8,14,16H,1-4,7H2. The van der Waals surface area contributed by atoms with Crippen LogP contribution in [0.4, 0.5) is 13.2 Å². The number of nitrogens with one attached hydrogen (secondary N) is 2. The van der Waals surface area contributed by atoms with Crippen LogP contribution in [0.25, 0.3) is 0 Å². The van der Waals surface area contributed by atoms with Gasteiger partial charge < -0.3 is 5.32 Å². The molecule has 1 aromatic rings. The van der Waals surface area contributed by atoms with Crippen LogP contribution in [0.15, 0.2) is 17.3 Å². The van der Waals surface area contributed by atoms with Crippen molar-refractivity contribution in [1.29, 1.82) is 0 Å². The smallest absolute Gasteiger partial charge is 0.313 e. The van der Waals surface area contributed by atoms with Crippen molar-refractivity contribution in [2.45, 2.75) is 36.5 Å². The van der Waals surface area contributed by atoms with E-state index in [-0.39, 0.29) is 17.5 Å². The van der Waals surface area contributed by atoms with E-state index in [1.165, 1.54) is 0 Å². The Bertz CT molecular complexity index is 549. The molecule has 0 aliphatic carbocycles. The molecule has 0 spiro atoms. The Labute approximate surface area is 114 Å². The number of nitrogens with zero attached hydrogens (tertiary/aromatic N) is 2. The largest absolute Gasteiger partial charge is 0.408 e. The normalized spacial score (nSPS) is 20.4. The van der Waals surface area contributed by atoms with E-state index in [1.54, 1.807) is 0 Å². The summed E-state index contributed by atoms with van der Waals surface area (Å²) in [5, 5.41) is 6.53. The number of rotatable bonds is 5. The van der Waals surface area contributed by atoms with Crippen molar-refractivity contribution in [3.05, 3.63) is 12.4 Å². The highest BCUT2D eigenvalue weighted by Gasteiger charge is 2.29. The summed E-state index contributed by atoms with van der Waals surface area (Å²) in [6, 6.07) is 0.0648. The number of hydrogen-bond acceptors (Lipinski definition) is 4. The fourth-order valence-electron chi connectivity index (χ4n) is 1.98. The summed E-state index contributed by atoms with van der Waals surface area (Å²) >= 11 is 0. The number of halogens is 3. The van der Waals surface area contributed by atoms with Gasteiger partial charge in [-0.05, 0) is 19.4 Å². The van der Waals surface area contributed by atoms with Crippen LogP contribution in [0, 0.1) is 0 Å². The van der Waals surface area contributed by atoms with Gasteiger partial charge in [0, 0.05) is 18.8 Å². The van der Waals surface area contributed by atoms with Crippen LogP contribution in [0.2, 0.25) is 0 Å². The van der Waals surface area contributed by atoms with Crippen molar-refractivity contribution in [3.63, 3.8) is 0 Å². The zero-order valence-electron chi connectivity index (χ0n) is 10.5. The molecule has 20 heavy (non-hydrogen) atoms. The van der Waals surface area contributed by atoms with Gasteiger partial charge in [-0.25, -0.2) is 13.1 Å². The molecule has 2 heterocycles. The maximum Gasteiger partial charge on any atom is 0.408 e. The summed E-state index contributed by atoms with van der Waals surface area (Å²) in [5.74, 6) is 0. The third-order valence-corrected chi connectivity index (χ3v) is 4.32. The Hall–Kier alpha value is -1.13. The average molecular weight is 312 g/mol. The highest BCUT2D eigenvalue weighted by Crippen LogP contribution is 2.18. The van der Waals surface area contributed by atoms with Crippen molar-refractivity contribution in [2.24, 2.45) is 0 Å². The summed E-state index contributed by atoms with van der Waals surface area (Å²) in [7, 11) is -3.82. The molecule has 1 fully saturated rings. The van der Waals surface area contributed by atoms with Gasteiger partial charge in [0.25, 0.3) is 0 Å². The molecule has 2 rings (SSSR count). The highest BCUT2D eigenvalue weighted by molar-refractivity contribution is 7.89. The van der Waals surface area contributed by atoms with Gasteiger partial charge in [0.15, 0.2) is 0 Å². The average Bonchev–Trinajstić information content (AvgIpc) is 2.94. The minimum atomic E-state index is -4.44. The van der Waals surface area contributed by atoms with E-state index < -0.39 is 22.7 Å². The highest BCUT2D eigenvalue weighted by atomic mass is 32.2. The zero-order chi connectivity index (χ0) is 14.8. The Balaban J connectivity index is 1.98. The maximum absolute atomic E-state index is 12.2. The Morgan fingerprint density at radius 2 is 2.25 bits per heavy atom. The Morgan fingerprint density at radius 3 is 2.85 bits per heavy atom. The molecule has 0 bridgehead atoms. The Kier molecular flexibility index (Phi) is 4.35. The van der Waals surface area contributed by atoms with E-state index in [1.807, 2.05) is 0 Å². The van der Waals surface area contributed by atoms with Crippen LogP contribution in [0.5, 0.6) is 0 Å². The summed E-state index contributed by atoms with van der Waals surface area (Å²) in [6.45, 7) is -0.255. The fraction of sp³-hybridized carbons (Fsp3) is 0.700. The molecule has 114 valence electrons. The first-order chi connectivity index (χ1) is 9.26. The van der Waals surface area contributed by atoms with Crippen LogP contribution in [0.1, 0.15) is 12.8 Å². The molecule has 1 aliphatic rings. The van der Waals surface area contributed by atoms with Crippen LogP contribution >= 0.6 is 0 Å². The van der Waals surface area contributed by atoms with Gasteiger partial charge in [-0.3, -0.25) is 4.68 Å². The summed E-state index contributed by atoms with van der Waals surface area (Å²) in [5.41, 5.74) is 0. The monoisotopic (exact) mass is 312 g/mol. The third kappa shape index (κ3) is 4.18. The lowest BCUT2D eigenvalue weighted by molar-refractivity contribution is -0.142. The van der Waals surface area contributed by atoms with Crippen molar-refractivity contribution < 1.29 is 21.6 Å². The number of alkyl halides is 3. The molecular formula is C10H15F3N4O2S. The van der Waals surface area contributed by atoms with Gasteiger partial charge >= 0.3 is 6.18 Å². The lowest BCUT2D eigenvalue weighted by Crippen LogP contribution is -2.37. The van der Waals surface area contributed by atoms with Crippen molar-refractivity contribution in [1.82, 2.24) is 19.8 Å². The van der Waals surface area contributed by atoms with E-state index in [0.717, 1.165) is 31.8 Å². The maximum atomic E-state index is 12.2. The molecular weight excluding hydrogens is 297 g/mol. The van der Waals surface area contributed by atoms with Crippen molar-refractivity contribution >= 4 is 10.0 Å². The van der Waals surface area contributed by atoms with Gasteiger partial charge in [0.05, 0.1) is 6.20 Å². The van der Waals surface area contributed by atoms with Gasteiger partial charge in [-0.1, -0.05) is 0 Å². The Morgan fingerprint density at radius 1 is 1.50 bits per heavy atom. The second-order valence-corrected chi connectivity index (χ2v) is 6.40. The van der Waals surface area contributed by atoms with Gasteiger partial charge in [-0.2, -0.15) is 18.3 Å². The quantitative estimate of drug-likeness (QED) is 0.829. The first-order valence-corrected chi connectivity index (χ1v) is 7.57. The lowest BCUT2D eigenvalue weighted by Gasteiger charge is -2.10. The van der Waals surface area contributed by atoms with E-state index >= 15 is 0 Å². The molecule has 1 aromatic heterocycles. The minimum absolute atomic E-state index is 0.0648. The first-order valence-electron chi connectivity index (χ1n) is 6.08. The molecule has 1 unspecified atom stereocenters. The van der Waals surface area contributed by atoms with Crippen LogP contribution < -0.4 is 10.0 Å². The van der Waals surface area contributed by atoms with Crippen molar-refractivity contribution in [2.75, 3.05) is 13.1 Å². The molecule has 0 saturated carbocycles. The summed E-state index contributed by atoms with van der Waals surface area (Å²) in [6.07, 6.45) is -0.798. The molecule has 0 aromatic carbocycles. The first kappa shape index (κ1) is 15.3. The molecule has 1 atom stereocenters. The van der Waals surface area contributed by atoms with Crippen LogP contribution in [-0.2, 0) is 16.6 Å². The third-order valence-electron chi connectivity index (χ3n) is 2.94. The van der Waals surface area contributed by atoms with E-state index in [2.05, 4.69) is 15.1 Å². The predicted molar refractivity (Wildman–Crippen MR) is 64.5 cm³/mol. The number of aromatic nitrogens is 2. The number of hydrogen-bond donors (Lipinski definition) is 2. The van der Waals surface area contributed by atoms with Gasteiger partial charge in [-0.15, -0.1) is 0 Å². The predicted octanol–water partition coefficient (Wildman–Crippen LogP) is 0.476. The molecule has 2 N–H and O–H groups in total. The molecule has 0 radical (unpaired) electrons. The van der Waals surface area contributed by atoms with E-state index in [0.29, 0.717) is 4.68 Å². The molecule has 10 heteroatoms. The molecule has 0 amide bonds. The number of sulfonamides is 1. The van der Waals surface area contributed by atoms with Gasteiger partial charge in [0.1, 0.15) is 11.4 Å². The summed E-state index contributed by atoms with van der Waals surface area (Å²) < 4.78 is 63.2. The van der Waals surface area contributed by atoms with E-state index in [4.69, 9.17) is 0 Å². The van der Waals surface area contributed by atoms with Crippen LogP contribution in [0.3, 0.4) is 0 Å². The summed E-state index contributed by atoms with van der Waals surface area (Å²) in [4.78, 5) is -0.264. The second kappa shape index (κ2) is 5.70. The van der Waals surface area contributed by atoms with E-state index in [9.17, 15) is 21.6 Å². The fourth-order valence-corrected chi connectivity index (χ4v) is 3.01. The second-order valence-electron chi connectivity index (χ2n) is 4.63. The molecule has 1 saturated heterocycles.